The summed E-state index contributed by atoms with van der Waals surface area (Å²) in [6.07, 6.45) is 6.27. The molecule has 0 saturated heterocycles. The van der Waals surface area contributed by atoms with E-state index in [2.05, 4.69) is 13.2 Å². The van der Waals surface area contributed by atoms with Gasteiger partial charge >= 0.3 is 0 Å². The first-order chi connectivity index (χ1) is 5.12. The zero-order valence-corrected chi connectivity index (χ0v) is 8.71. The Balaban J connectivity index is 3.43. The van der Waals surface area contributed by atoms with Crippen LogP contribution in [0.5, 0.6) is 0 Å². The van der Waals surface area contributed by atoms with E-state index in [9.17, 15) is 5.11 Å². The van der Waals surface area contributed by atoms with Crippen LogP contribution < -0.4 is 0 Å². The molecule has 68 valence electrons. The standard InChI is InChI=1S/C9H20OS/c1-4-5-6-9(2,10)7-8-11-3/h10H,4-8H2,1-3H3. The lowest BCUT2D eigenvalue weighted by molar-refractivity contribution is 0.0460. The molecule has 1 N–H and O–H groups in total. The van der Waals surface area contributed by atoms with Crippen molar-refractivity contribution >= 4 is 11.8 Å². The summed E-state index contributed by atoms with van der Waals surface area (Å²) in [7, 11) is 0. The third kappa shape index (κ3) is 6.70. The van der Waals surface area contributed by atoms with E-state index in [0.717, 1.165) is 25.0 Å². The molecule has 1 atom stereocenters. The Labute approximate surface area is 74.6 Å². The van der Waals surface area contributed by atoms with Crippen LogP contribution in [-0.2, 0) is 0 Å². The monoisotopic (exact) mass is 176 g/mol. The van der Waals surface area contributed by atoms with Gasteiger partial charge in [-0.05, 0) is 31.8 Å². The average Bonchev–Trinajstić information content (AvgIpc) is 1.97. The first-order valence-corrected chi connectivity index (χ1v) is 5.73. The normalized spacial score (nSPS) is 16.4. The molecule has 1 unspecified atom stereocenters. The summed E-state index contributed by atoms with van der Waals surface area (Å²) in [5.74, 6) is 1.07. The van der Waals surface area contributed by atoms with Crippen LogP contribution >= 0.6 is 11.8 Å². The van der Waals surface area contributed by atoms with Crippen LogP contribution in [-0.4, -0.2) is 22.7 Å². The highest BCUT2D eigenvalue weighted by Gasteiger charge is 2.17. The maximum absolute atomic E-state index is 9.76. The largest absolute Gasteiger partial charge is 0.390 e. The Bertz CT molecular complexity index is 81.6. The van der Waals surface area contributed by atoms with E-state index < -0.39 is 5.60 Å². The van der Waals surface area contributed by atoms with E-state index in [4.69, 9.17) is 0 Å². The Kier molecular flexibility index (Phi) is 6.06. The number of rotatable bonds is 6. The summed E-state index contributed by atoms with van der Waals surface area (Å²) in [6, 6.07) is 0. The van der Waals surface area contributed by atoms with Crippen molar-refractivity contribution in [1.82, 2.24) is 0 Å². The second-order valence-electron chi connectivity index (χ2n) is 3.34. The molecule has 2 heteroatoms. The first kappa shape index (κ1) is 11.3. The fraction of sp³-hybridized carbons (Fsp3) is 1.00. The zero-order valence-electron chi connectivity index (χ0n) is 7.89. The summed E-state index contributed by atoms with van der Waals surface area (Å²) in [5.41, 5.74) is -0.418. The Morgan fingerprint density at radius 2 is 2.00 bits per heavy atom. The van der Waals surface area contributed by atoms with Gasteiger partial charge in [0.1, 0.15) is 0 Å². The molecule has 0 aromatic heterocycles. The van der Waals surface area contributed by atoms with Crippen LogP contribution in [0.4, 0.5) is 0 Å². The second kappa shape index (κ2) is 5.90. The molecular weight excluding hydrogens is 156 g/mol. The molecule has 0 amide bonds. The third-order valence-electron chi connectivity index (χ3n) is 1.91. The van der Waals surface area contributed by atoms with E-state index in [1.807, 2.05) is 6.92 Å². The number of thioether (sulfide) groups is 1. The third-order valence-corrected chi connectivity index (χ3v) is 2.53. The van der Waals surface area contributed by atoms with Crippen molar-refractivity contribution in [1.29, 1.82) is 0 Å². The number of aliphatic hydroxyl groups is 1. The SMILES string of the molecule is CCCCC(C)(O)CCSC. The van der Waals surface area contributed by atoms with Gasteiger partial charge in [-0.25, -0.2) is 0 Å². The van der Waals surface area contributed by atoms with Gasteiger partial charge in [-0.1, -0.05) is 19.8 Å². The molecule has 0 rings (SSSR count). The smallest absolute Gasteiger partial charge is 0.0627 e. The Hall–Kier alpha value is 0.310. The minimum absolute atomic E-state index is 0.418. The highest BCUT2D eigenvalue weighted by molar-refractivity contribution is 7.98. The molecule has 0 spiro atoms. The minimum Gasteiger partial charge on any atom is -0.390 e. The van der Waals surface area contributed by atoms with Gasteiger partial charge in [0.25, 0.3) is 0 Å². The van der Waals surface area contributed by atoms with Gasteiger partial charge in [0.05, 0.1) is 5.60 Å². The summed E-state index contributed by atoms with van der Waals surface area (Å²) in [4.78, 5) is 0. The van der Waals surface area contributed by atoms with Crippen molar-refractivity contribution in [2.45, 2.75) is 45.1 Å². The average molecular weight is 176 g/mol. The molecule has 0 aliphatic rings. The van der Waals surface area contributed by atoms with Crippen molar-refractivity contribution in [3.05, 3.63) is 0 Å². The van der Waals surface area contributed by atoms with Gasteiger partial charge in [-0.2, -0.15) is 11.8 Å². The molecule has 0 fully saturated rings. The fourth-order valence-electron chi connectivity index (χ4n) is 1.00. The summed E-state index contributed by atoms with van der Waals surface area (Å²) >= 11 is 1.80. The molecule has 0 aromatic carbocycles. The molecule has 0 radical (unpaired) electrons. The van der Waals surface area contributed by atoms with Crippen LogP contribution in [0, 0.1) is 0 Å². The number of hydrogen-bond donors (Lipinski definition) is 1. The van der Waals surface area contributed by atoms with Crippen LogP contribution in [0.25, 0.3) is 0 Å². The quantitative estimate of drug-likeness (QED) is 0.671. The number of unbranched alkanes of at least 4 members (excludes halogenated alkanes) is 1. The van der Waals surface area contributed by atoms with Gasteiger partial charge in [0.2, 0.25) is 0 Å². The minimum atomic E-state index is -0.418. The maximum atomic E-state index is 9.76. The summed E-state index contributed by atoms with van der Waals surface area (Å²) in [6.45, 7) is 4.10. The van der Waals surface area contributed by atoms with E-state index in [1.54, 1.807) is 11.8 Å². The topological polar surface area (TPSA) is 20.2 Å². The van der Waals surface area contributed by atoms with Crippen molar-refractivity contribution < 1.29 is 5.11 Å². The zero-order chi connectivity index (χ0) is 8.74. The first-order valence-electron chi connectivity index (χ1n) is 4.33. The maximum Gasteiger partial charge on any atom is 0.0627 e. The molecule has 0 heterocycles. The van der Waals surface area contributed by atoms with Crippen LogP contribution in [0.1, 0.15) is 39.5 Å². The molecule has 0 aliphatic carbocycles. The lowest BCUT2D eigenvalue weighted by Crippen LogP contribution is -2.24. The van der Waals surface area contributed by atoms with E-state index >= 15 is 0 Å². The fourth-order valence-corrected chi connectivity index (χ4v) is 1.65. The summed E-state index contributed by atoms with van der Waals surface area (Å²) in [5, 5.41) is 9.76. The molecule has 0 saturated carbocycles. The van der Waals surface area contributed by atoms with Crippen molar-refractivity contribution in [3.63, 3.8) is 0 Å². The predicted molar refractivity (Wildman–Crippen MR) is 53.1 cm³/mol. The van der Waals surface area contributed by atoms with Crippen LogP contribution in [0.15, 0.2) is 0 Å². The van der Waals surface area contributed by atoms with Gasteiger partial charge in [0.15, 0.2) is 0 Å². The van der Waals surface area contributed by atoms with Crippen molar-refractivity contribution in [3.8, 4) is 0 Å². The van der Waals surface area contributed by atoms with Crippen LogP contribution in [0.3, 0.4) is 0 Å². The lowest BCUT2D eigenvalue weighted by Gasteiger charge is -2.22. The van der Waals surface area contributed by atoms with Gasteiger partial charge in [-0.15, -0.1) is 0 Å². The highest BCUT2D eigenvalue weighted by atomic mass is 32.2. The molecule has 0 aliphatic heterocycles. The molecule has 1 nitrogen and oxygen atoms in total. The van der Waals surface area contributed by atoms with E-state index in [1.165, 1.54) is 6.42 Å². The van der Waals surface area contributed by atoms with Gasteiger partial charge in [-0.3, -0.25) is 0 Å². The molecule has 0 aromatic rings. The Morgan fingerprint density at radius 3 is 2.45 bits per heavy atom. The molecular formula is C9H20OS. The van der Waals surface area contributed by atoms with E-state index in [-0.39, 0.29) is 0 Å². The highest BCUT2D eigenvalue weighted by Crippen LogP contribution is 2.19. The van der Waals surface area contributed by atoms with Crippen molar-refractivity contribution in [2.24, 2.45) is 0 Å². The van der Waals surface area contributed by atoms with Gasteiger partial charge in [0, 0.05) is 0 Å². The Morgan fingerprint density at radius 1 is 1.36 bits per heavy atom. The number of hydrogen-bond acceptors (Lipinski definition) is 2. The van der Waals surface area contributed by atoms with Gasteiger partial charge < -0.3 is 5.11 Å². The second-order valence-corrected chi connectivity index (χ2v) is 4.33. The predicted octanol–water partition coefficient (Wildman–Crippen LogP) is 2.68. The molecule has 0 bridgehead atoms. The van der Waals surface area contributed by atoms with Crippen molar-refractivity contribution in [2.75, 3.05) is 12.0 Å². The van der Waals surface area contributed by atoms with E-state index in [0.29, 0.717) is 0 Å². The molecule has 11 heavy (non-hydrogen) atoms. The lowest BCUT2D eigenvalue weighted by atomic mass is 9.96. The van der Waals surface area contributed by atoms with Crippen LogP contribution in [0.2, 0.25) is 0 Å². The summed E-state index contributed by atoms with van der Waals surface area (Å²) < 4.78 is 0.